The SMILES string of the molecule is C[C@H]1Cc2ccccc2N1C(=O)C[NH+]1CCc2sccc2[C@@H]1c1cccs1. The smallest absolute Gasteiger partial charge is 0.282 e. The highest BCUT2D eigenvalue weighted by Crippen LogP contribution is 2.33. The van der Waals surface area contributed by atoms with E-state index < -0.39 is 0 Å². The quantitative estimate of drug-likeness (QED) is 0.723. The number of quaternary nitrogens is 1. The summed E-state index contributed by atoms with van der Waals surface area (Å²) in [6.07, 6.45) is 2.03. The van der Waals surface area contributed by atoms with E-state index in [0.29, 0.717) is 6.54 Å². The van der Waals surface area contributed by atoms with Crippen LogP contribution in [0.5, 0.6) is 0 Å². The second-order valence-electron chi connectivity index (χ2n) is 7.53. The number of anilines is 1. The summed E-state index contributed by atoms with van der Waals surface area (Å²) in [5, 5.41) is 4.35. The van der Waals surface area contributed by atoms with Gasteiger partial charge in [0.1, 0.15) is 6.04 Å². The normalized spacial score (nSPS) is 23.9. The minimum atomic E-state index is 0.246. The predicted octanol–water partition coefficient (Wildman–Crippen LogP) is 3.32. The average Bonchev–Trinajstić information content (AvgIpc) is 3.40. The molecular weight excluding hydrogens is 372 g/mol. The maximum absolute atomic E-state index is 13.4. The Labute approximate surface area is 167 Å². The maximum atomic E-state index is 13.4. The number of carbonyl (C=O) groups excluding carboxylic acids is 1. The third-order valence-electron chi connectivity index (χ3n) is 5.85. The van der Waals surface area contributed by atoms with Crippen molar-refractivity contribution < 1.29 is 9.69 Å². The standard InChI is InChI=1S/C22H22N2OS2/c1-15-13-16-5-2-3-6-18(16)24(15)21(25)14-23-10-8-19-17(9-12-27-19)22(23)20-7-4-11-26-20/h2-7,9,11-12,15,22H,8,10,13-14H2,1H3/p+1/t15-,22+/m0/s1. The Bertz CT molecular complexity index is 962. The molecule has 1 amide bonds. The van der Waals surface area contributed by atoms with Gasteiger partial charge in [-0.1, -0.05) is 24.3 Å². The summed E-state index contributed by atoms with van der Waals surface area (Å²) in [6, 6.07) is 15.5. The van der Waals surface area contributed by atoms with Gasteiger partial charge in [0.15, 0.2) is 6.54 Å². The molecule has 138 valence electrons. The number of benzene rings is 1. The molecule has 0 aliphatic carbocycles. The Hall–Kier alpha value is -1.95. The summed E-state index contributed by atoms with van der Waals surface area (Å²) >= 11 is 3.67. The van der Waals surface area contributed by atoms with Crippen LogP contribution in [0.25, 0.3) is 0 Å². The maximum Gasteiger partial charge on any atom is 0.282 e. The van der Waals surface area contributed by atoms with Crippen LogP contribution < -0.4 is 9.80 Å². The van der Waals surface area contributed by atoms with Crippen LogP contribution in [0.4, 0.5) is 5.69 Å². The third kappa shape index (κ3) is 2.94. The first kappa shape index (κ1) is 17.2. The number of rotatable bonds is 3. The number of nitrogens with zero attached hydrogens (tertiary/aromatic N) is 1. The summed E-state index contributed by atoms with van der Waals surface area (Å²) < 4.78 is 0. The molecule has 4 heterocycles. The summed E-state index contributed by atoms with van der Waals surface area (Å²) in [7, 11) is 0. The van der Waals surface area contributed by atoms with Crippen LogP contribution in [0, 0.1) is 0 Å². The van der Waals surface area contributed by atoms with Crippen molar-refractivity contribution in [2.75, 3.05) is 18.0 Å². The molecule has 0 fully saturated rings. The minimum Gasteiger partial charge on any atom is -0.316 e. The van der Waals surface area contributed by atoms with E-state index in [4.69, 9.17) is 0 Å². The van der Waals surface area contributed by atoms with Gasteiger partial charge in [-0.3, -0.25) is 4.79 Å². The summed E-state index contributed by atoms with van der Waals surface area (Å²) in [6.45, 7) is 3.74. The van der Waals surface area contributed by atoms with Crippen LogP contribution in [-0.4, -0.2) is 25.0 Å². The molecular formula is C22H23N2OS2+. The lowest BCUT2D eigenvalue weighted by Gasteiger charge is -2.33. The Balaban J connectivity index is 1.44. The zero-order valence-electron chi connectivity index (χ0n) is 15.4. The highest BCUT2D eigenvalue weighted by molar-refractivity contribution is 7.10. The molecule has 1 N–H and O–H groups in total. The van der Waals surface area contributed by atoms with Crippen LogP contribution in [0.2, 0.25) is 0 Å². The number of nitrogens with one attached hydrogen (secondary N) is 1. The molecule has 0 saturated heterocycles. The molecule has 27 heavy (non-hydrogen) atoms. The lowest BCUT2D eigenvalue weighted by atomic mass is 9.98. The number of carbonyl (C=O) groups is 1. The van der Waals surface area contributed by atoms with Crippen LogP contribution in [0.3, 0.4) is 0 Å². The van der Waals surface area contributed by atoms with Gasteiger partial charge in [0.25, 0.3) is 5.91 Å². The summed E-state index contributed by atoms with van der Waals surface area (Å²) in [4.78, 5) is 19.6. The molecule has 2 aliphatic rings. The van der Waals surface area contributed by atoms with Crippen LogP contribution in [-0.2, 0) is 17.6 Å². The minimum absolute atomic E-state index is 0.246. The van der Waals surface area contributed by atoms with E-state index in [2.05, 4.69) is 54.1 Å². The molecule has 0 bridgehead atoms. The first-order chi connectivity index (χ1) is 13.2. The summed E-state index contributed by atoms with van der Waals surface area (Å²) in [5.41, 5.74) is 3.82. The fourth-order valence-corrected chi connectivity index (χ4v) is 6.50. The number of thiophene rings is 2. The molecule has 1 unspecified atom stereocenters. The molecule has 2 aromatic heterocycles. The van der Waals surface area contributed by atoms with Gasteiger partial charge in [0.05, 0.1) is 11.4 Å². The summed E-state index contributed by atoms with van der Waals surface area (Å²) in [5.74, 6) is 0.252. The van der Waals surface area contributed by atoms with Crippen molar-refractivity contribution in [2.45, 2.75) is 31.8 Å². The first-order valence-electron chi connectivity index (χ1n) is 9.56. The van der Waals surface area contributed by atoms with Crippen LogP contribution >= 0.6 is 22.7 Å². The van der Waals surface area contributed by atoms with Crippen molar-refractivity contribution in [1.82, 2.24) is 0 Å². The average molecular weight is 396 g/mol. The van der Waals surface area contributed by atoms with E-state index in [1.165, 1.54) is 25.8 Å². The Morgan fingerprint density at radius 2 is 2.04 bits per heavy atom. The predicted molar refractivity (Wildman–Crippen MR) is 112 cm³/mol. The van der Waals surface area contributed by atoms with Gasteiger partial charge in [-0.2, -0.15) is 0 Å². The molecule has 3 atom stereocenters. The van der Waals surface area contributed by atoms with Crippen molar-refractivity contribution in [1.29, 1.82) is 0 Å². The third-order valence-corrected chi connectivity index (χ3v) is 7.79. The molecule has 2 aliphatic heterocycles. The first-order valence-corrected chi connectivity index (χ1v) is 11.3. The monoisotopic (exact) mass is 395 g/mol. The Morgan fingerprint density at radius 3 is 2.89 bits per heavy atom. The number of hydrogen-bond acceptors (Lipinski definition) is 3. The van der Waals surface area contributed by atoms with Gasteiger partial charge >= 0.3 is 0 Å². The van der Waals surface area contributed by atoms with Crippen molar-refractivity contribution in [2.24, 2.45) is 0 Å². The lowest BCUT2D eigenvalue weighted by Crippen LogP contribution is -3.14. The highest BCUT2D eigenvalue weighted by Gasteiger charge is 2.38. The van der Waals surface area contributed by atoms with Gasteiger partial charge < -0.3 is 9.80 Å². The van der Waals surface area contributed by atoms with Crippen LogP contribution in [0.15, 0.2) is 53.2 Å². The highest BCUT2D eigenvalue weighted by atomic mass is 32.1. The number of para-hydroxylation sites is 1. The zero-order valence-corrected chi connectivity index (χ0v) is 17.0. The zero-order chi connectivity index (χ0) is 18.4. The Kier molecular flexibility index (Phi) is 4.38. The van der Waals surface area contributed by atoms with E-state index in [-0.39, 0.29) is 18.0 Å². The van der Waals surface area contributed by atoms with Gasteiger partial charge in [-0.25, -0.2) is 0 Å². The van der Waals surface area contributed by atoms with Gasteiger partial charge in [0.2, 0.25) is 0 Å². The number of fused-ring (bicyclic) bond motifs is 2. The molecule has 5 heteroatoms. The molecule has 0 spiro atoms. The molecule has 5 rings (SSSR count). The van der Waals surface area contributed by atoms with E-state index in [1.54, 1.807) is 0 Å². The molecule has 1 aromatic carbocycles. The van der Waals surface area contributed by atoms with Gasteiger partial charge in [0, 0.05) is 28.6 Å². The fourth-order valence-electron chi connectivity index (χ4n) is 4.67. The van der Waals surface area contributed by atoms with E-state index in [1.807, 2.05) is 33.6 Å². The van der Waals surface area contributed by atoms with Crippen molar-refractivity contribution in [3.05, 3.63) is 74.1 Å². The van der Waals surface area contributed by atoms with Gasteiger partial charge in [-0.05, 0) is 47.9 Å². The fraction of sp³-hybridized carbons (Fsp3) is 0.318. The molecule has 3 aromatic rings. The van der Waals surface area contributed by atoms with Crippen molar-refractivity contribution in [3.8, 4) is 0 Å². The topological polar surface area (TPSA) is 24.8 Å². The number of amides is 1. The van der Waals surface area contributed by atoms with E-state index in [9.17, 15) is 4.79 Å². The molecule has 0 radical (unpaired) electrons. The molecule has 3 nitrogen and oxygen atoms in total. The lowest BCUT2D eigenvalue weighted by molar-refractivity contribution is -0.919. The van der Waals surface area contributed by atoms with Crippen LogP contribution in [0.1, 0.15) is 33.8 Å². The Morgan fingerprint density at radius 1 is 1.15 bits per heavy atom. The van der Waals surface area contributed by atoms with Crippen molar-refractivity contribution in [3.63, 3.8) is 0 Å². The molecule has 0 saturated carbocycles. The van der Waals surface area contributed by atoms with E-state index >= 15 is 0 Å². The van der Waals surface area contributed by atoms with E-state index in [0.717, 1.165) is 25.1 Å². The second kappa shape index (κ2) is 6.89. The second-order valence-corrected chi connectivity index (χ2v) is 9.51. The number of hydrogen-bond donors (Lipinski definition) is 1. The van der Waals surface area contributed by atoms with Gasteiger partial charge in [-0.15, -0.1) is 22.7 Å². The van der Waals surface area contributed by atoms with Crippen molar-refractivity contribution >= 4 is 34.3 Å². The largest absolute Gasteiger partial charge is 0.316 e.